The Morgan fingerprint density at radius 1 is 1.04 bits per heavy atom. The maximum absolute atomic E-state index is 12.8. The number of amides is 1. The van der Waals surface area contributed by atoms with E-state index in [4.69, 9.17) is 0 Å². The number of nitrogens with zero attached hydrogens (tertiary/aromatic N) is 2. The molecule has 4 rings (SSSR count). The first-order valence-corrected chi connectivity index (χ1v) is 10.0. The highest BCUT2D eigenvalue weighted by atomic mass is 16.2. The second kappa shape index (κ2) is 8.38. The van der Waals surface area contributed by atoms with Gasteiger partial charge in [-0.2, -0.15) is 0 Å². The van der Waals surface area contributed by atoms with Gasteiger partial charge in [-0.3, -0.25) is 4.79 Å². The first kappa shape index (κ1) is 17.8. The first-order valence-electron chi connectivity index (χ1n) is 10.0. The number of hydrogen-bond acceptors (Lipinski definition) is 2. The molecule has 0 bridgehead atoms. The van der Waals surface area contributed by atoms with E-state index in [0.717, 1.165) is 17.5 Å². The Kier molecular flexibility index (Phi) is 5.52. The van der Waals surface area contributed by atoms with Crippen molar-refractivity contribution in [2.75, 3.05) is 0 Å². The third-order valence-corrected chi connectivity index (χ3v) is 5.67. The number of hydrogen-bond donors (Lipinski definition) is 1. The molecule has 3 aromatic rings. The molecule has 1 heterocycles. The van der Waals surface area contributed by atoms with Crippen LogP contribution in [-0.4, -0.2) is 15.5 Å². The summed E-state index contributed by atoms with van der Waals surface area (Å²) in [6, 6.07) is 18.4. The molecule has 4 heteroatoms. The highest BCUT2D eigenvalue weighted by Gasteiger charge is 2.22. The van der Waals surface area contributed by atoms with Crippen LogP contribution < -0.4 is 5.32 Å². The Morgan fingerprint density at radius 3 is 2.59 bits per heavy atom. The second-order valence-corrected chi connectivity index (χ2v) is 7.63. The van der Waals surface area contributed by atoms with E-state index in [2.05, 4.69) is 34.6 Å². The van der Waals surface area contributed by atoms with Crippen molar-refractivity contribution in [2.45, 2.75) is 51.1 Å². The molecular weight excluding hydrogens is 334 g/mol. The lowest BCUT2D eigenvalue weighted by Crippen LogP contribution is -2.33. The number of imidazole rings is 1. The van der Waals surface area contributed by atoms with Gasteiger partial charge in [-0.15, -0.1) is 0 Å². The summed E-state index contributed by atoms with van der Waals surface area (Å²) in [5, 5.41) is 3.30. The van der Waals surface area contributed by atoms with Crippen LogP contribution in [0.3, 0.4) is 0 Å². The van der Waals surface area contributed by atoms with Gasteiger partial charge in [0.25, 0.3) is 0 Å². The summed E-state index contributed by atoms with van der Waals surface area (Å²) >= 11 is 0. The molecule has 1 aliphatic rings. The quantitative estimate of drug-likeness (QED) is 0.681. The zero-order valence-electron chi connectivity index (χ0n) is 15.7. The minimum absolute atomic E-state index is 0.0443. The number of nitrogens with one attached hydrogen (secondary N) is 1. The number of benzene rings is 2. The zero-order chi connectivity index (χ0) is 18.5. The van der Waals surface area contributed by atoms with Crippen molar-refractivity contribution in [1.82, 2.24) is 14.9 Å². The Balaban J connectivity index is 1.47. The van der Waals surface area contributed by atoms with Gasteiger partial charge in [-0.05, 0) is 30.0 Å². The summed E-state index contributed by atoms with van der Waals surface area (Å²) in [5.74, 6) is 0.751. The summed E-state index contributed by atoms with van der Waals surface area (Å²) in [6.07, 6.45) is 9.34. The third kappa shape index (κ3) is 4.38. The van der Waals surface area contributed by atoms with Crippen LogP contribution in [0.15, 0.2) is 60.9 Å². The van der Waals surface area contributed by atoms with Gasteiger partial charge < -0.3 is 9.88 Å². The van der Waals surface area contributed by atoms with Crippen molar-refractivity contribution >= 4 is 16.9 Å². The molecule has 27 heavy (non-hydrogen) atoms. The average Bonchev–Trinajstić information content (AvgIpc) is 3.12. The predicted molar refractivity (Wildman–Crippen MR) is 108 cm³/mol. The first-order chi connectivity index (χ1) is 13.3. The van der Waals surface area contributed by atoms with Crippen molar-refractivity contribution in [3.05, 3.63) is 66.5 Å². The van der Waals surface area contributed by atoms with Crippen molar-refractivity contribution in [2.24, 2.45) is 5.92 Å². The Hall–Kier alpha value is -2.62. The molecule has 0 spiro atoms. The number of rotatable bonds is 6. The van der Waals surface area contributed by atoms with Crippen LogP contribution in [0.1, 0.15) is 50.1 Å². The molecule has 0 saturated heterocycles. The molecule has 1 amide bonds. The van der Waals surface area contributed by atoms with E-state index >= 15 is 0 Å². The molecule has 1 aromatic heterocycles. The van der Waals surface area contributed by atoms with Crippen molar-refractivity contribution < 1.29 is 4.79 Å². The third-order valence-electron chi connectivity index (χ3n) is 5.67. The molecule has 2 aromatic carbocycles. The molecule has 0 radical (unpaired) electrons. The average molecular weight is 361 g/mol. The maximum Gasteiger partial charge on any atom is 0.240 e. The molecule has 1 atom stereocenters. The van der Waals surface area contributed by atoms with Gasteiger partial charge in [0.05, 0.1) is 23.4 Å². The van der Waals surface area contributed by atoms with Crippen LogP contribution >= 0.6 is 0 Å². The van der Waals surface area contributed by atoms with Crippen LogP contribution in [0.2, 0.25) is 0 Å². The Labute approximate surface area is 160 Å². The zero-order valence-corrected chi connectivity index (χ0v) is 15.7. The van der Waals surface area contributed by atoms with Crippen molar-refractivity contribution in [3.8, 4) is 0 Å². The van der Waals surface area contributed by atoms with E-state index in [-0.39, 0.29) is 11.9 Å². The lowest BCUT2D eigenvalue weighted by atomic mass is 9.83. The number of fused-ring (bicyclic) bond motifs is 1. The molecule has 0 aliphatic heterocycles. The lowest BCUT2D eigenvalue weighted by molar-refractivity contribution is -0.122. The Morgan fingerprint density at radius 2 is 1.78 bits per heavy atom. The number of carbonyl (C=O) groups excluding carboxylic acids is 1. The summed E-state index contributed by atoms with van der Waals surface area (Å²) < 4.78 is 1.92. The van der Waals surface area contributed by atoms with E-state index in [0.29, 0.717) is 12.5 Å². The standard InChI is InChI=1S/C23H27N3O/c27-23(16-26-17-24-20-13-7-8-14-22(20)26)25-21(19-11-5-2-6-12-19)15-18-9-3-1-4-10-18/h2,5-8,11-14,17-18,21H,1,3-4,9-10,15-16H2,(H,25,27). The van der Waals surface area contributed by atoms with Crippen molar-refractivity contribution in [3.63, 3.8) is 0 Å². The van der Waals surface area contributed by atoms with Crippen LogP contribution in [0.4, 0.5) is 0 Å². The van der Waals surface area contributed by atoms with Gasteiger partial charge >= 0.3 is 0 Å². The predicted octanol–water partition coefficient (Wildman–Crippen LogP) is 4.86. The van der Waals surface area contributed by atoms with Gasteiger partial charge in [-0.25, -0.2) is 4.98 Å². The van der Waals surface area contributed by atoms with E-state index in [1.54, 1.807) is 6.33 Å². The molecular formula is C23H27N3O. The largest absolute Gasteiger partial charge is 0.348 e. The molecule has 1 N–H and O–H groups in total. The molecule has 140 valence electrons. The Bertz CT molecular complexity index is 881. The van der Waals surface area contributed by atoms with E-state index in [9.17, 15) is 4.79 Å². The van der Waals surface area contributed by atoms with E-state index in [1.165, 1.54) is 37.7 Å². The van der Waals surface area contributed by atoms with Crippen LogP contribution in [0.5, 0.6) is 0 Å². The van der Waals surface area contributed by atoms with Gasteiger partial charge in [-0.1, -0.05) is 74.6 Å². The number of carbonyl (C=O) groups is 1. The summed E-state index contributed by atoms with van der Waals surface area (Å²) in [5.41, 5.74) is 3.12. The van der Waals surface area contributed by atoms with Crippen LogP contribution in [0.25, 0.3) is 11.0 Å². The highest BCUT2D eigenvalue weighted by Crippen LogP contribution is 2.32. The van der Waals surface area contributed by atoms with E-state index < -0.39 is 0 Å². The van der Waals surface area contributed by atoms with Crippen LogP contribution in [0, 0.1) is 5.92 Å². The lowest BCUT2D eigenvalue weighted by Gasteiger charge is -2.27. The summed E-state index contributed by atoms with van der Waals surface area (Å²) in [4.78, 5) is 17.2. The molecule has 4 nitrogen and oxygen atoms in total. The highest BCUT2D eigenvalue weighted by molar-refractivity contribution is 5.80. The maximum atomic E-state index is 12.8. The summed E-state index contributed by atoms with van der Waals surface area (Å²) in [7, 11) is 0. The number of para-hydroxylation sites is 2. The van der Waals surface area contributed by atoms with Crippen molar-refractivity contribution in [1.29, 1.82) is 0 Å². The molecule has 1 fully saturated rings. The molecule has 1 unspecified atom stereocenters. The normalized spacial score (nSPS) is 16.3. The molecule has 1 saturated carbocycles. The van der Waals surface area contributed by atoms with Gasteiger partial charge in [0, 0.05) is 0 Å². The van der Waals surface area contributed by atoms with Gasteiger partial charge in [0.15, 0.2) is 0 Å². The smallest absolute Gasteiger partial charge is 0.240 e. The van der Waals surface area contributed by atoms with Gasteiger partial charge in [0.1, 0.15) is 6.54 Å². The van der Waals surface area contributed by atoms with E-state index in [1.807, 2.05) is 34.9 Å². The fourth-order valence-corrected chi connectivity index (χ4v) is 4.25. The fraction of sp³-hybridized carbons (Fsp3) is 0.391. The number of aromatic nitrogens is 2. The minimum Gasteiger partial charge on any atom is -0.348 e. The van der Waals surface area contributed by atoms with Crippen LogP contribution in [-0.2, 0) is 11.3 Å². The SMILES string of the molecule is O=C(Cn1cnc2ccccc21)NC(CC1CCCCC1)c1ccccc1. The summed E-state index contributed by atoms with van der Waals surface area (Å²) in [6.45, 7) is 0.300. The monoisotopic (exact) mass is 361 g/mol. The van der Waals surface area contributed by atoms with Gasteiger partial charge in [0.2, 0.25) is 5.91 Å². The fourth-order valence-electron chi connectivity index (χ4n) is 4.25. The minimum atomic E-state index is 0.0443. The molecule has 1 aliphatic carbocycles. The second-order valence-electron chi connectivity index (χ2n) is 7.63. The topological polar surface area (TPSA) is 46.9 Å².